The van der Waals surface area contributed by atoms with Crippen molar-refractivity contribution in [2.45, 2.75) is 9.79 Å². The Bertz CT molecular complexity index is 684. The molecule has 1 aliphatic rings. The predicted octanol–water partition coefficient (Wildman–Crippen LogP) is 4.66. The van der Waals surface area contributed by atoms with Crippen molar-refractivity contribution >= 4 is 40.6 Å². The highest BCUT2D eigenvalue weighted by atomic mass is 35.5. The van der Waals surface area contributed by atoms with Crippen molar-refractivity contribution in [2.24, 2.45) is 0 Å². The first-order chi connectivity index (χ1) is 9.20. The zero-order chi connectivity index (χ0) is 13.4. The quantitative estimate of drug-likeness (QED) is 0.711. The molecule has 0 saturated carbocycles. The van der Waals surface area contributed by atoms with Crippen LogP contribution in [0, 0.1) is 0 Å². The molecule has 2 aromatic rings. The third-order valence-corrected chi connectivity index (χ3v) is 4.25. The Kier molecular flexibility index (Phi) is 3.09. The number of hydrogen-bond acceptors (Lipinski definition) is 2. The van der Waals surface area contributed by atoms with Crippen LogP contribution >= 0.6 is 23.4 Å². The maximum atomic E-state index is 12.2. The maximum Gasteiger partial charge on any atom is 0.255 e. The van der Waals surface area contributed by atoms with Gasteiger partial charge in [-0.1, -0.05) is 42.1 Å². The summed E-state index contributed by atoms with van der Waals surface area (Å²) in [5.41, 5.74) is 1.67. The summed E-state index contributed by atoms with van der Waals surface area (Å²) in [6.07, 6.45) is 1.32. The fraction of sp³-hybridized carbons (Fsp3) is 0. The van der Waals surface area contributed by atoms with E-state index >= 15 is 0 Å². The lowest BCUT2D eigenvalue weighted by molar-refractivity contribution is -0.113. The van der Waals surface area contributed by atoms with Gasteiger partial charge in [0.25, 0.3) is 5.91 Å². The summed E-state index contributed by atoms with van der Waals surface area (Å²) in [5.74, 6) is -0.156. The smallest absolute Gasteiger partial charge is 0.255 e. The fourth-order valence-corrected chi connectivity index (χ4v) is 3.26. The van der Waals surface area contributed by atoms with E-state index in [1.54, 1.807) is 22.7 Å². The van der Waals surface area contributed by atoms with Crippen LogP contribution in [0.5, 0.6) is 0 Å². The third kappa shape index (κ3) is 2.05. The molecule has 1 heterocycles. The Morgan fingerprint density at radius 3 is 2.68 bits per heavy atom. The minimum absolute atomic E-state index is 0.156. The molecule has 19 heavy (non-hydrogen) atoms. The van der Waals surface area contributed by atoms with Crippen molar-refractivity contribution in [1.82, 2.24) is 0 Å². The third-order valence-electron chi connectivity index (χ3n) is 2.88. The molecular formula is C15H10ClNOS. The number of carbonyl (C=O) groups is 1. The molecule has 3 rings (SSSR count). The van der Waals surface area contributed by atoms with Crippen LogP contribution in [0.15, 0.2) is 64.9 Å². The van der Waals surface area contributed by atoms with Crippen LogP contribution in [0.25, 0.3) is 0 Å². The molecule has 0 saturated heterocycles. The number of hydrogen-bond donors (Lipinski definition) is 0. The van der Waals surface area contributed by atoms with E-state index in [4.69, 9.17) is 11.6 Å². The molecule has 0 fully saturated rings. The van der Waals surface area contributed by atoms with Gasteiger partial charge in [-0.25, -0.2) is 0 Å². The summed E-state index contributed by atoms with van der Waals surface area (Å²) in [7, 11) is 0. The van der Waals surface area contributed by atoms with Gasteiger partial charge in [-0.3, -0.25) is 9.69 Å². The largest absolute Gasteiger partial charge is 0.275 e. The summed E-state index contributed by atoms with van der Waals surface area (Å²) < 4.78 is 0. The molecule has 0 aromatic heterocycles. The van der Waals surface area contributed by atoms with Crippen LogP contribution < -0.4 is 4.90 Å². The highest BCUT2D eigenvalue weighted by molar-refractivity contribution is 7.99. The van der Waals surface area contributed by atoms with E-state index in [0.717, 1.165) is 21.2 Å². The van der Waals surface area contributed by atoms with Crippen LogP contribution in [-0.2, 0) is 4.79 Å². The van der Waals surface area contributed by atoms with E-state index in [2.05, 4.69) is 6.58 Å². The highest BCUT2D eigenvalue weighted by Gasteiger charge is 2.26. The van der Waals surface area contributed by atoms with E-state index in [1.165, 1.54) is 6.08 Å². The molecular weight excluding hydrogens is 278 g/mol. The molecule has 0 radical (unpaired) electrons. The number of carbonyl (C=O) groups excluding carboxylic acids is 1. The van der Waals surface area contributed by atoms with E-state index in [1.807, 2.05) is 36.4 Å². The summed E-state index contributed by atoms with van der Waals surface area (Å²) in [4.78, 5) is 15.9. The first-order valence-corrected chi connectivity index (χ1v) is 6.93. The molecule has 4 heteroatoms. The molecule has 0 N–H and O–H groups in total. The molecule has 2 aromatic carbocycles. The Hall–Kier alpha value is -1.71. The SMILES string of the molecule is C=CC(=O)N1c2ccccc2Sc2ccc(Cl)cc21. The number of nitrogens with zero attached hydrogens (tertiary/aromatic N) is 1. The molecule has 0 atom stereocenters. The molecule has 0 spiro atoms. The molecule has 0 unspecified atom stereocenters. The van der Waals surface area contributed by atoms with Gasteiger partial charge in [-0.15, -0.1) is 0 Å². The van der Waals surface area contributed by atoms with Crippen molar-refractivity contribution in [1.29, 1.82) is 0 Å². The first-order valence-electron chi connectivity index (χ1n) is 5.73. The van der Waals surface area contributed by atoms with Crippen LogP contribution in [0.1, 0.15) is 0 Å². The number of anilines is 2. The number of rotatable bonds is 1. The van der Waals surface area contributed by atoms with Gasteiger partial charge in [-0.2, -0.15) is 0 Å². The number of amides is 1. The van der Waals surface area contributed by atoms with Crippen molar-refractivity contribution < 1.29 is 4.79 Å². The minimum Gasteiger partial charge on any atom is -0.275 e. The Labute approximate surface area is 120 Å². The maximum absolute atomic E-state index is 12.2. The van der Waals surface area contributed by atoms with E-state index in [9.17, 15) is 4.79 Å². The van der Waals surface area contributed by atoms with Gasteiger partial charge in [0.15, 0.2) is 0 Å². The predicted molar refractivity (Wildman–Crippen MR) is 79.4 cm³/mol. The van der Waals surface area contributed by atoms with Crippen molar-refractivity contribution in [3.8, 4) is 0 Å². The number of benzene rings is 2. The summed E-state index contributed by atoms with van der Waals surface area (Å²) >= 11 is 7.68. The highest BCUT2D eigenvalue weighted by Crippen LogP contribution is 2.48. The lowest BCUT2D eigenvalue weighted by Gasteiger charge is -2.30. The van der Waals surface area contributed by atoms with E-state index < -0.39 is 0 Å². The number of halogens is 1. The average molecular weight is 288 g/mol. The standard InChI is InChI=1S/C15H10ClNOS/c1-2-15(18)17-11-5-3-4-6-13(11)19-14-8-7-10(16)9-12(14)17/h2-9H,1H2. The second-order valence-electron chi connectivity index (χ2n) is 4.06. The zero-order valence-corrected chi connectivity index (χ0v) is 11.5. The fourth-order valence-electron chi connectivity index (χ4n) is 2.06. The lowest BCUT2D eigenvalue weighted by Crippen LogP contribution is -2.26. The van der Waals surface area contributed by atoms with Crippen molar-refractivity contribution in [3.63, 3.8) is 0 Å². The number of fused-ring (bicyclic) bond motifs is 2. The lowest BCUT2D eigenvalue weighted by atomic mass is 10.2. The van der Waals surface area contributed by atoms with E-state index in [-0.39, 0.29) is 5.91 Å². The van der Waals surface area contributed by atoms with Gasteiger partial charge in [-0.05, 0) is 36.4 Å². The van der Waals surface area contributed by atoms with Crippen LogP contribution in [0.2, 0.25) is 5.02 Å². The Morgan fingerprint density at radius 1 is 1.16 bits per heavy atom. The molecule has 1 aliphatic heterocycles. The zero-order valence-electron chi connectivity index (χ0n) is 9.97. The van der Waals surface area contributed by atoms with Gasteiger partial charge < -0.3 is 0 Å². The van der Waals surface area contributed by atoms with Crippen LogP contribution in [0.3, 0.4) is 0 Å². The summed E-state index contributed by atoms with van der Waals surface area (Å²) in [6.45, 7) is 3.57. The first kappa shape index (κ1) is 12.3. The monoisotopic (exact) mass is 287 g/mol. The topological polar surface area (TPSA) is 20.3 Å². The molecule has 0 bridgehead atoms. The van der Waals surface area contributed by atoms with Crippen molar-refractivity contribution in [2.75, 3.05) is 4.90 Å². The Balaban J connectivity index is 2.24. The second-order valence-corrected chi connectivity index (χ2v) is 5.58. The van der Waals surface area contributed by atoms with Gasteiger partial charge in [0.05, 0.1) is 11.4 Å². The molecule has 1 amide bonds. The van der Waals surface area contributed by atoms with Gasteiger partial charge in [0.2, 0.25) is 0 Å². The van der Waals surface area contributed by atoms with Crippen LogP contribution in [0.4, 0.5) is 11.4 Å². The minimum atomic E-state index is -0.156. The summed E-state index contributed by atoms with van der Waals surface area (Å²) in [5, 5.41) is 0.612. The van der Waals surface area contributed by atoms with Gasteiger partial charge in [0.1, 0.15) is 0 Å². The van der Waals surface area contributed by atoms with Gasteiger partial charge >= 0.3 is 0 Å². The normalized spacial score (nSPS) is 12.6. The molecule has 2 nitrogen and oxygen atoms in total. The molecule has 94 valence electrons. The summed E-state index contributed by atoms with van der Waals surface area (Å²) in [6, 6.07) is 13.4. The van der Waals surface area contributed by atoms with Crippen molar-refractivity contribution in [3.05, 3.63) is 60.1 Å². The molecule has 0 aliphatic carbocycles. The number of para-hydroxylation sites is 1. The van der Waals surface area contributed by atoms with E-state index in [0.29, 0.717) is 5.02 Å². The van der Waals surface area contributed by atoms with Gasteiger partial charge in [0, 0.05) is 14.8 Å². The second kappa shape index (κ2) is 4.76. The average Bonchev–Trinajstić information content (AvgIpc) is 2.44. The Morgan fingerprint density at radius 2 is 1.89 bits per heavy atom. The van der Waals surface area contributed by atoms with Crippen LogP contribution in [-0.4, -0.2) is 5.91 Å².